The minimum absolute atomic E-state index is 0.0817. The number of piperidine rings is 1. The van der Waals surface area contributed by atoms with Crippen LogP contribution in [0, 0.1) is 0 Å². The van der Waals surface area contributed by atoms with Crippen molar-refractivity contribution in [2.24, 2.45) is 0 Å². The van der Waals surface area contributed by atoms with Crippen LogP contribution in [-0.4, -0.2) is 24.4 Å². The third-order valence-corrected chi connectivity index (χ3v) is 3.97. The number of thiophene rings is 1. The Morgan fingerprint density at radius 1 is 1.56 bits per heavy atom. The summed E-state index contributed by atoms with van der Waals surface area (Å²) >= 11 is 1.73. The number of carbonyl (C=O) groups is 2. The van der Waals surface area contributed by atoms with Crippen LogP contribution in [0.2, 0.25) is 0 Å². The highest BCUT2D eigenvalue weighted by Gasteiger charge is 2.19. The van der Waals surface area contributed by atoms with Crippen molar-refractivity contribution in [3.63, 3.8) is 0 Å². The molecule has 0 bridgehead atoms. The van der Waals surface area contributed by atoms with Crippen molar-refractivity contribution in [2.45, 2.75) is 38.1 Å². The first-order valence-corrected chi connectivity index (χ1v) is 7.20. The summed E-state index contributed by atoms with van der Waals surface area (Å²) in [5.74, 6) is 0.172. The van der Waals surface area contributed by atoms with Crippen LogP contribution in [0.3, 0.4) is 0 Å². The third-order valence-electron chi connectivity index (χ3n) is 3.04. The highest BCUT2D eigenvalue weighted by atomic mass is 32.1. The second kappa shape index (κ2) is 6.54. The van der Waals surface area contributed by atoms with E-state index in [9.17, 15) is 9.59 Å². The summed E-state index contributed by atoms with van der Waals surface area (Å²) in [7, 11) is 0. The van der Waals surface area contributed by atoms with E-state index in [0.29, 0.717) is 19.4 Å². The van der Waals surface area contributed by atoms with E-state index in [1.165, 1.54) is 4.88 Å². The van der Waals surface area contributed by atoms with E-state index in [0.717, 1.165) is 19.3 Å². The normalized spacial score (nSPS) is 19.3. The monoisotopic (exact) mass is 266 g/mol. The van der Waals surface area contributed by atoms with E-state index in [1.807, 2.05) is 6.07 Å². The van der Waals surface area contributed by atoms with Gasteiger partial charge in [0, 0.05) is 30.3 Å². The predicted octanol–water partition coefficient (Wildman–Crippen LogP) is 1.47. The molecule has 0 spiro atoms. The van der Waals surface area contributed by atoms with Gasteiger partial charge in [0.25, 0.3) is 0 Å². The van der Waals surface area contributed by atoms with Crippen molar-refractivity contribution in [1.29, 1.82) is 0 Å². The van der Waals surface area contributed by atoms with E-state index in [1.54, 1.807) is 11.3 Å². The molecule has 2 N–H and O–H groups in total. The van der Waals surface area contributed by atoms with Crippen molar-refractivity contribution in [3.05, 3.63) is 22.4 Å². The molecule has 0 aromatic carbocycles. The molecule has 1 aliphatic heterocycles. The maximum absolute atomic E-state index is 11.7. The molecule has 4 nitrogen and oxygen atoms in total. The second-order valence-electron chi connectivity index (χ2n) is 4.54. The molecule has 98 valence electrons. The number of aryl methyl sites for hydroxylation is 1. The average Bonchev–Trinajstić information content (AvgIpc) is 2.85. The van der Waals surface area contributed by atoms with Crippen molar-refractivity contribution in [3.8, 4) is 0 Å². The number of carbonyl (C=O) groups excluding carboxylic acids is 2. The first-order valence-electron chi connectivity index (χ1n) is 6.32. The molecule has 1 aromatic heterocycles. The maximum Gasteiger partial charge on any atom is 0.220 e. The van der Waals surface area contributed by atoms with Crippen LogP contribution in [0.5, 0.6) is 0 Å². The standard InChI is InChI=1S/C13H18N2O2S/c16-12-7-6-10(9-14-12)15-13(17)5-1-3-11-4-2-8-18-11/h2,4,8,10H,1,3,5-7,9H2,(H,14,16)(H,15,17). The van der Waals surface area contributed by atoms with Crippen molar-refractivity contribution < 1.29 is 9.59 Å². The molecule has 2 amide bonds. The fourth-order valence-corrected chi connectivity index (χ4v) is 2.79. The van der Waals surface area contributed by atoms with Crippen molar-refractivity contribution in [1.82, 2.24) is 10.6 Å². The average molecular weight is 266 g/mol. The van der Waals surface area contributed by atoms with E-state index in [-0.39, 0.29) is 17.9 Å². The topological polar surface area (TPSA) is 58.2 Å². The van der Waals surface area contributed by atoms with Crippen LogP contribution in [-0.2, 0) is 16.0 Å². The molecule has 5 heteroatoms. The Morgan fingerprint density at radius 3 is 3.11 bits per heavy atom. The largest absolute Gasteiger partial charge is 0.354 e. The molecule has 0 saturated carbocycles. The molecule has 1 aromatic rings. The number of amides is 2. The lowest BCUT2D eigenvalue weighted by atomic mass is 10.1. The third kappa shape index (κ3) is 4.14. The summed E-state index contributed by atoms with van der Waals surface area (Å²) in [6.07, 6.45) is 3.67. The summed E-state index contributed by atoms with van der Waals surface area (Å²) in [6, 6.07) is 4.24. The molecular formula is C13H18N2O2S. The Morgan fingerprint density at radius 2 is 2.44 bits per heavy atom. The number of rotatable bonds is 5. The Bertz CT molecular complexity index is 393. The Balaban J connectivity index is 1.61. The molecular weight excluding hydrogens is 248 g/mol. The Kier molecular flexibility index (Phi) is 4.75. The molecule has 18 heavy (non-hydrogen) atoms. The van der Waals surface area contributed by atoms with Crippen LogP contribution in [0.25, 0.3) is 0 Å². The molecule has 2 rings (SSSR count). The molecule has 2 heterocycles. The van der Waals surface area contributed by atoms with Gasteiger partial charge in [0.15, 0.2) is 0 Å². The summed E-state index contributed by atoms with van der Waals surface area (Å²) in [4.78, 5) is 24.0. The van der Waals surface area contributed by atoms with E-state index < -0.39 is 0 Å². The fraction of sp³-hybridized carbons (Fsp3) is 0.538. The first kappa shape index (κ1) is 13.1. The quantitative estimate of drug-likeness (QED) is 0.848. The highest BCUT2D eigenvalue weighted by molar-refractivity contribution is 7.09. The summed E-state index contributed by atoms with van der Waals surface area (Å²) < 4.78 is 0. The molecule has 0 radical (unpaired) electrons. The summed E-state index contributed by atoms with van der Waals surface area (Å²) in [6.45, 7) is 0.565. The molecule has 1 aliphatic rings. The van der Waals surface area contributed by atoms with Gasteiger partial charge in [-0.2, -0.15) is 0 Å². The van der Waals surface area contributed by atoms with Gasteiger partial charge in [0.2, 0.25) is 11.8 Å². The van der Waals surface area contributed by atoms with Crippen LogP contribution < -0.4 is 10.6 Å². The second-order valence-corrected chi connectivity index (χ2v) is 5.57. The lowest BCUT2D eigenvalue weighted by Gasteiger charge is -2.23. The van der Waals surface area contributed by atoms with E-state index >= 15 is 0 Å². The van der Waals surface area contributed by atoms with Gasteiger partial charge in [-0.3, -0.25) is 9.59 Å². The molecule has 0 aliphatic carbocycles. The molecule has 1 atom stereocenters. The summed E-state index contributed by atoms with van der Waals surface area (Å²) in [5.41, 5.74) is 0. The van der Waals surface area contributed by atoms with Crippen LogP contribution in [0.1, 0.15) is 30.6 Å². The van der Waals surface area contributed by atoms with Gasteiger partial charge in [0.1, 0.15) is 0 Å². The Labute approximate surface area is 111 Å². The van der Waals surface area contributed by atoms with E-state index in [2.05, 4.69) is 22.1 Å². The van der Waals surface area contributed by atoms with Crippen molar-refractivity contribution in [2.75, 3.05) is 6.54 Å². The molecule has 1 unspecified atom stereocenters. The van der Waals surface area contributed by atoms with Gasteiger partial charge in [0.05, 0.1) is 0 Å². The minimum atomic E-state index is 0.0817. The molecule has 1 saturated heterocycles. The zero-order chi connectivity index (χ0) is 12.8. The Hall–Kier alpha value is -1.36. The van der Waals surface area contributed by atoms with Crippen molar-refractivity contribution >= 4 is 23.2 Å². The zero-order valence-electron chi connectivity index (χ0n) is 10.3. The van der Waals surface area contributed by atoms with Gasteiger partial charge in [-0.15, -0.1) is 11.3 Å². The van der Waals surface area contributed by atoms with Crippen LogP contribution in [0.4, 0.5) is 0 Å². The lowest BCUT2D eigenvalue weighted by Crippen LogP contribution is -2.47. The lowest BCUT2D eigenvalue weighted by molar-refractivity contribution is -0.125. The first-order chi connectivity index (χ1) is 8.74. The maximum atomic E-state index is 11.7. The fourth-order valence-electron chi connectivity index (χ4n) is 2.03. The number of hydrogen-bond donors (Lipinski definition) is 2. The number of hydrogen-bond acceptors (Lipinski definition) is 3. The SMILES string of the molecule is O=C1CCC(NC(=O)CCCc2cccs2)CN1. The van der Waals surface area contributed by atoms with Gasteiger partial charge >= 0.3 is 0 Å². The van der Waals surface area contributed by atoms with Crippen LogP contribution in [0.15, 0.2) is 17.5 Å². The van der Waals surface area contributed by atoms with Gasteiger partial charge < -0.3 is 10.6 Å². The zero-order valence-corrected chi connectivity index (χ0v) is 11.1. The highest BCUT2D eigenvalue weighted by Crippen LogP contribution is 2.12. The van der Waals surface area contributed by atoms with Gasteiger partial charge in [-0.1, -0.05) is 6.07 Å². The predicted molar refractivity (Wildman–Crippen MR) is 71.4 cm³/mol. The smallest absolute Gasteiger partial charge is 0.220 e. The van der Waals surface area contributed by atoms with Crippen LogP contribution >= 0.6 is 11.3 Å². The number of nitrogens with one attached hydrogen (secondary N) is 2. The van der Waals surface area contributed by atoms with Gasteiger partial charge in [-0.05, 0) is 30.7 Å². The molecule has 1 fully saturated rings. The summed E-state index contributed by atoms with van der Waals surface area (Å²) in [5, 5.41) is 7.79. The van der Waals surface area contributed by atoms with E-state index in [4.69, 9.17) is 0 Å². The minimum Gasteiger partial charge on any atom is -0.354 e. The van der Waals surface area contributed by atoms with Gasteiger partial charge in [-0.25, -0.2) is 0 Å².